The Morgan fingerprint density at radius 1 is 0.905 bits per heavy atom. The molecule has 3 rings (SSSR count). The number of nitrogens with one attached hydrogen (secondary N) is 1. The first kappa shape index (κ1) is 14.5. The molecule has 0 saturated carbocycles. The van der Waals surface area contributed by atoms with Crippen LogP contribution >= 0.6 is 31.9 Å². The summed E-state index contributed by atoms with van der Waals surface area (Å²) in [5.41, 5.74) is 2.71. The standard InChI is InChI=1S/C16H12Br2N2O/c17-12-5-1-10(2-6-12)14-9-19-16(20-14)15(21)11-3-7-13(18)8-4-11/h1-9,15,21H,(H,19,20). The number of benzene rings is 2. The summed E-state index contributed by atoms with van der Waals surface area (Å²) in [6.45, 7) is 0. The van der Waals surface area contributed by atoms with Crippen molar-refractivity contribution in [3.63, 3.8) is 0 Å². The van der Waals surface area contributed by atoms with Crippen LogP contribution < -0.4 is 0 Å². The Morgan fingerprint density at radius 3 is 2.10 bits per heavy atom. The van der Waals surface area contributed by atoms with Crippen LogP contribution in [0, 0.1) is 0 Å². The fraction of sp³-hybridized carbons (Fsp3) is 0.0625. The van der Waals surface area contributed by atoms with Gasteiger partial charge in [-0.15, -0.1) is 0 Å². The van der Waals surface area contributed by atoms with Crippen LogP contribution in [0.15, 0.2) is 63.7 Å². The number of rotatable bonds is 3. The van der Waals surface area contributed by atoms with Gasteiger partial charge >= 0.3 is 0 Å². The molecule has 21 heavy (non-hydrogen) atoms. The fourth-order valence-electron chi connectivity index (χ4n) is 2.05. The molecule has 1 atom stereocenters. The number of aromatic amines is 1. The van der Waals surface area contributed by atoms with Crippen molar-refractivity contribution >= 4 is 31.9 Å². The number of aliphatic hydroxyl groups excluding tert-OH is 1. The van der Waals surface area contributed by atoms with Gasteiger partial charge in [0.15, 0.2) is 0 Å². The highest BCUT2D eigenvalue weighted by Crippen LogP contribution is 2.25. The summed E-state index contributed by atoms with van der Waals surface area (Å²) < 4.78 is 2.01. The lowest BCUT2D eigenvalue weighted by molar-refractivity contribution is 0.211. The SMILES string of the molecule is OC(c1ccc(Br)cc1)c1ncc(-c2ccc(Br)cc2)[nH]1. The van der Waals surface area contributed by atoms with Gasteiger partial charge < -0.3 is 10.1 Å². The summed E-state index contributed by atoms with van der Waals surface area (Å²) >= 11 is 6.80. The zero-order chi connectivity index (χ0) is 14.8. The highest BCUT2D eigenvalue weighted by Gasteiger charge is 2.14. The predicted molar refractivity (Wildman–Crippen MR) is 89.9 cm³/mol. The molecule has 2 aromatic carbocycles. The van der Waals surface area contributed by atoms with Crippen molar-refractivity contribution < 1.29 is 5.11 Å². The van der Waals surface area contributed by atoms with Gasteiger partial charge in [-0.05, 0) is 35.4 Å². The second kappa shape index (κ2) is 6.13. The van der Waals surface area contributed by atoms with Crippen molar-refractivity contribution in [1.82, 2.24) is 9.97 Å². The Hall–Kier alpha value is -1.43. The van der Waals surface area contributed by atoms with E-state index in [2.05, 4.69) is 41.8 Å². The Kier molecular flexibility index (Phi) is 4.24. The van der Waals surface area contributed by atoms with E-state index in [-0.39, 0.29) is 0 Å². The van der Waals surface area contributed by atoms with Crippen LogP contribution in [0.25, 0.3) is 11.3 Å². The lowest BCUT2D eigenvalue weighted by Crippen LogP contribution is -2.01. The van der Waals surface area contributed by atoms with Gasteiger partial charge in [0.25, 0.3) is 0 Å². The second-order valence-electron chi connectivity index (χ2n) is 4.64. The summed E-state index contributed by atoms with van der Waals surface area (Å²) in [5, 5.41) is 10.4. The Labute approximate surface area is 139 Å². The van der Waals surface area contributed by atoms with E-state index in [9.17, 15) is 5.11 Å². The zero-order valence-electron chi connectivity index (χ0n) is 10.9. The molecule has 3 aromatic rings. The number of halogens is 2. The molecule has 3 nitrogen and oxygen atoms in total. The van der Waals surface area contributed by atoms with E-state index in [0.29, 0.717) is 5.82 Å². The molecule has 0 bridgehead atoms. The van der Waals surface area contributed by atoms with Crippen LogP contribution in [-0.4, -0.2) is 15.1 Å². The molecule has 0 radical (unpaired) electrons. The van der Waals surface area contributed by atoms with E-state index in [1.54, 1.807) is 6.20 Å². The van der Waals surface area contributed by atoms with Crippen LogP contribution in [0.5, 0.6) is 0 Å². The lowest BCUT2D eigenvalue weighted by atomic mass is 10.1. The third-order valence-electron chi connectivity index (χ3n) is 3.20. The van der Waals surface area contributed by atoms with Gasteiger partial charge in [0.2, 0.25) is 0 Å². The van der Waals surface area contributed by atoms with Crippen LogP contribution in [0.2, 0.25) is 0 Å². The Balaban J connectivity index is 1.87. The van der Waals surface area contributed by atoms with Crippen LogP contribution in [0.1, 0.15) is 17.5 Å². The first-order valence-electron chi connectivity index (χ1n) is 6.38. The highest BCUT2D eigenvalue weighted by atomic mass is 79.9. The average Bonchev–Trinajstić information content (AvgIpc) is 2.98. The maximum atomic E-state index is 10.4. The number of aromatic nitrogens is 2. The topological polar surface area (TPSA) is 48.9 Å². The van der Waals surface area contributed by atoms with E-state index in [0.717, 1.165) is 25.8 Å². The summed E-state index contributed by atoms with van der Waals surface area (Å²) in [7, 11) is 0. The molecule has 2 N–H and O–H groups in total. The zero-order valence-corrected chi connectivity index (χ0v) is 14.1. The van der Waals surface area contributed by atoms with Crippen LogP contribution in [-0.2, 0) is 0 Å². The average molecular weight is 408 g/mol. The third-order valence-corrected chi connectivity index (χ3v) is 4.25. The molecule has 1 aromatic heterocycles. The minimum absolute atomic E-state index is 0.537. The number of H-pyrrole nitrogens is 1. The molecule has 0 aliphatic rings. The smallest absolute Gasteiger partial charge is 0.140 e. The van der Waals surface area contributed by atoms with Crippen LogP contribution in [0.4, 0.5) is 0 Å². The van der Waals surface area contributed by atoms with Gasteiger partial charge in [-0.25, -0.2) is 4.98 Å². The molecule has 0 amide bonds. The Bertz CT molecular complexity index is 736. The molecular formula is C16H12Br2N2O. The number of hydrogen-bond donors (Lipinski definition) is 2. The van der Waals surface area contributed by atoms with Gasteiger partial charge in [-0.1, -0.05) is 56.1 Å². The van der Waals surface area contributed by atoms with Crippen molar-refractivity contribution in [3.05, 3.63) is 75.1 Å². The minimum Gasteiger partial charge on any atom is -0.380 e. The fourth-order valence-corrected chi connectivity index (χ4v) is 2.58. The van der Waals surface area contributed by atoms with Gasteiger partial charge in [-0.3, -0.25) is 0 Å². The molecule has 106 valence electrons. The van der Waals surface area contributed by atoms with Crippen molar-refractivity contribution in [1.29, 1.82) is 0 Å². The van der Waals surface area contributed by atoms with Crippen LogP contribution in [0.3, 0.4) is 0 Å². The molecule has 0 aliphatic carbocycles. The quantitative estimate of drug-likeness (QED) is 0.661. The second-order valence-corrected chi connectivity index (χ2v) is 6.47. The summed E-state index contributed by atoms with van der Waals surface area (Å²) in [6, 6.07) is 15.5. The van der Waals surface area contributed by atoms with Gasteiger partial charge in [0.1, 0.15) is 11.9 Å². The number of imidazole rings is 1. The van der Waals surface area contributed by atoms with Crippen molar-refractivity contribution in [2.24, 2.45) is 0 Å². The number of aliphatic hydroxyl groups is 1. The number of nitrogens with zero attached hydrogens (tertiary/aromatic N) is 1. The molecule has 0 saturated heterocycles. The van der Waals surface area contributed by atoms with E-state index >= 15 is 0 Å². The molecule has 1 heterocycles. The first-order chi connectivity index (χ1) is 10.1. The number of hydrogen-bond acceptors (Lipinski definition) is 2. The lowest BCUT2D eigenvalue weighted by Gasteiger charge is -2.08. The normalized spacial score (nSPS) is 12.3. The van der Waals surface area contributed by atoms with Gasteiger partial charge in [0.05, 0.1) is 11.9 Å². The van der Waals surface area contributed by atoms with Crippen molar-refractivity contribution in [2.45, 2.75) is 6.10 Å². The van der Waals surface area contributed by atoms with Gasteiger partial charge in [-0.2, -0.15) is 0 Å². The maximum absolute atomic E-state index is 10.4. The summed E-state index contributed by atoms with van der Waals surface area (Å²) in [4.78, 5) is 7.46. The highest BCUT2D eigenvalue weighted by molar-refractivity contribution is 9.10. The molecule has 0 spiro atoms. The molecular weight excluding hydrogens is 396 g/mol. The third kappa shape index (κ3) is 3.26. The molecule has 0 aliphatic heterocycles. The molecule has 5 heteroatoms. The maximum Gasteiger partial charge on any atom is 0.140 e. The minimum atomic E-state index is -0.762. The van der Waals surface area contributed by atoms with Gasteiger partial charge in [0, 0.05) is 8.95 Å². The first-order valence-corrected chi connectivity index (χ1v) is 7.96. The summed E-state index contributed by atoms with van der Waals surface area (Å²) in [5.74, 6) is 0.537. The van der Waals surface area contributed by atoms with E-state index < -0.39 is 6.10 Å². The van der Waals surface area contributed by atoms with Crippen molar-refractivity contribution in [2.75, 3.05) is 0 Å². The van der Waals surface area contributed by atoms with E-state index in [1.165, 1.54) is 0 Å². The summed E-state index contributed by atoms with van der Waals surface area (Å²) in [6.07, 6.45) is 0.975. The largest absolute Gasteiger partial charge is 0.380 e. The molecule has 0 fully saturated rings. The molecule has 1 unspecified atom stereocenters. The van der Waals surface area contributed by atoms with E-state index in [1.807, 2.05) is 48.5 Å². The monoisotopic (exact) mass is 406 g/mol. The van der Waals surface area contributed by atoms with Crippen molar-refractivity contribution in [3.8, 4) is 11.3 Å². The van der Waals surface area contributed by atoms with E-state index in [4.69, 9.17) is 0 Å². The Morgan fingerprint density at radius 2 is 1.48 bits per heavy atom. The predicted octanol–water partition coefficient (Wildman–Crippen LogP) is 4.68.